The third kappa shape index (κ3) is 4.50. The van der Waals surface area contributed by atoms with Gasteiger partial charge in [-0.2, -0.15) is 0 Å². The molecule has 1 aromatic carbocycles. The molecule has 0 aromatic heterocycles. The van der Waals surface area contributed by atoms with Crippen LogP contribution in [-0.2, 0) is 10.8 Å². The topological polar surface area (TPSA) is 55.7 Å². The van der Waals surface area contributed by atoms with Crippen LogP contribution in [-0.4, -0.2) is 47.8 Å². The van der Waals surface area contributed by atoms with Crippen molar-refractivity contribution < 1.29 is 10.2 Å². The SMILES string of the molecule is CC(C)(C)c1cc(C(O)CN2CCNCC2)cc(C(C)(C)C)c1O. The lowest BCUT2D eigenvalue weighted by molar-refractivity contribution is 0.105. The van der Waals surface area contributed by atoms with Crippen molar-refractivity contribution in [1.82, 2.24) is 10.2 Å². The molecule has 0 aliphatic carbocycles. The Morgan fingerprint density at radius 2 is 1.46 bits per heavy atom. The number of hydrogen-bond acceptors (Lipinski definition) is 4. The minimum Gasteiger partial charge on any atom is -0.507 e. The summed E-state index contributed by atoms with van der Waals surface area (Å²) in [5.41, 5.74) is 2.37. The molecule has 0 spiro atoms. The summed E-state index contributed by atoms with van der Waals surface area (Å²) in [6.07, 6.45) is -0.536. The van der Waals surface area contributed by atoms with Crippen LogP contribution in [0.4, 0.5) is 0 Å². The zero-order valence-corrected chi connectivity index (χ0v) is 16.1. The Morgan fingerprint density at radius 3 is 1.88 bits per heavy atom. The van der Waals surface area contributed by atoms with Gasteiger partial charge >= 0.3 is 0 Å². The van der Waals surface area contributed by atoms with Crippen LogP contribution in [0.15, 0.2) is 12.1 Å². The van der Waals surface area contributed by atoms with Crippen molar-refractivity contribution in [1.29, 1.82) is 0 Å². The van der Waals surface area contributed by atoms with Gasteiger partial charge < -0.3 is 15.5 Å². The summed E-state index contributed by atoms with van der Waals surface area (Å²) >= 11 is 0. The predicted molar refractivity (Wildman–Crippen MR) is 99.8 cm³/mol. The fourth-order valence-corrected chi connectivity index (χ4v) is 3.24. The molecule has 4 nitrogen and oxygen atoms in total. The van der Waals surface area contributed by atoms with E-state index in [9.17, 15) is 10.2 Å². The molecule has 1 saturated heterocycles. The van der Waals surface area contributed by atoms with Crippen molar-refractivity contribution in [2.45, 2.75) is 58.5 Å². The highest BCUT2D eigenvalue weighted by Gasteiger charge is 2.28. The van der Waals surface area contributed by atoms with Gasteiger partial charge in [0.05, 0.1) is 6.10 Å². The minimum atomic E-state index is -0.536. The molecule has 3 N–H and O–H groups in total. The van der Waals surface area contributed by atoms with Crippen molar-refractivity contribution >= 4 is 0 Å². The quantitative estimate of drug-likeness (QED) is 0.795. The first-order valence-electron chi connectivity index (χ1n) is 8.99. The molecule has 1 fully saturated rings. The number of piperazine rings is 1. The average Bonchev–Trinajstić information content (AvgIpc) is 2.46. The number of phenols is 1. The second kappa shape index (κ2) is 7.03. The molecule has 1 aliphatic rings. The van der Waals surface area contributed by atoms with Crippen LogP contribution < -0.4 is 5.32 Å². The average molecular weight is 335 g/mol. The van der Waals surface area contributed by atoms with Crippen molar-refractivity contribution in [3.8, 4) is 5.75 Å². The lowest BCUT2D eigenvalue weighted by atomic mass is 9.78. The molecule has 2 rings (SSSR count). The Bertz CT molecular complexity index is 529. The van der Waals surface area contributed by atoms with Crippen LogP contribution >= 0.6 is 0 Å². The Kier molecular flexibility index (Phi) is 5.63. The van der Waals surface area contributed by atoms with Crippen LogP contribution in [0.3, 0.4) is 0 Å². The largest absolute Gasteiger partial charge is 0.507 e. The lowest BCUT2D eigenvalue weighted by Crippen LogP contribution is -2.45. The van der Waals surface area contributed by atoms with E-state index in [1.807, 2.05) is 12.1 Å². The Morgan fingerprint density at radius 1 is 1.00 bits per heavy atom. The van der Waals surface area contributed by atoms with Crippen LogP contribution in [0.1, 0.15) is 64.3 Å². The van der Waals surface area contributed by atoms with Gasteiger partial charge in [-0.1, -0.05) is 41.5 Å². The summed E-state index contributed by atoms with van der Waals surface area (Å²) in [6.45, 7) is 17.1. The van der Waals surface area contributed by atoms with Gasteiger partial charge in [-0.05, 0) is 39.7 Å². The molecule has 1 atom stereocenters. The van der Waals surface area contributed by atoms with Crippen molar-refractivity contribution in [2.24, 2.45) is 0 Å². The Hall–Kier alpha value is -1.10. The highest BCUT2D eigenvalue weighted by Crippen LogP contribution is 2.40. The van der Waals surface area contributed by atoms with Crippen molar-refractivity contribution in [3.63, 3.8) is 0 Å². The summed E-state index contributed by atoms with van der Waals surface area (Å²) in [7, 11) is 0. The van der Waals surface area contributed by atoms with Gasteiger partial charge in [-0.25, -0.2) is 0 Å². The van der Waals surface area contributed by atoms with Gasteiger partial charge in [0.15, 0.2) is 0 Å². The van der Waals surface area contributed by atoms with Crippen LogP contribution in [0, 0.1) is 0 Å². The van der Waals surface area contributed by atoms with Crippen LogP contribution in [0.2, 0.25) is 0 Å². The first-order valence-corrected chi connectivity index (χ1v) is 8.99. The molecule has 4 heteroatoms. The molecule has 0 bridgehead atoms. The fraction of sp³-hybridized carbons (Fsp3) is 0.700. The molecule has 0 saturated carbocycles. The molecule has 1 unspecified atom stereocenters. The number of aliphatic hydroxyl groups excluding tert-OH is 1. The zero-order chi connectivity index (χ0) is 18.1. The van der Waals surface area contributed by atoms with Gasteiger partial charge in [-0.15, -0.1) is 0 Å². The van der Waals surface area contributed by atoms with E-state index in [-0.39, 0.29) is 10.8 Å². The van der Waals surface area contributed by atoms with E-state index < -0.39 is 6.10 Å². The maximum Gasteiger partial charge on any atom is 0.123 e. The molecular weight excluding hydrogens is 300 g/mol. The predicted octanol–water partition coefficient (Wildman–Crippen LogP) is 2.93. The highest BCUT2D eigenvalue weighted by atomic mass is 16.3. The van der Waals surface area contributed by atoms with E-state index in [0.29, 0.717) is 12.3 Å². The molecule has 1 aliphatic heterocycles. The van der Waals surface area contributed by atoms with Gasteiger partial charge in [0, 0.05) is 32.7 Å². The van der Waals surface area contributed by atoms with E-state index in [4.69, 9.17) is 0 Å². The number of β-amino-alcohol motifs (C(OH)–C–C–N with tert-alkyl or cyclic N) is 1. The molecule has 0 radical (unpaired) electrons. The van der Waals surface area contributed by atoms with Gasteiger partial charge in [0.1, 0.15) is 5.75 Å². The summed E-state index contributed by atoms with van der Waals surface area (Å²) in [6, 6.07) is 3.97. The van der Waals surface area contributed by atoms with Crippen LogP contribution in [0.5, 0.6) is 5.75 Å². The Balaban J connectivity index is 2.38. The number of hydrogen-bond donors (Lipinski definition) is 3. The maximum absolute atomic E-state index is 10.8. The fourth-order valence-electron chi connectivity index (χ4n) is 3.24. The summed E-state index contributed by atoms with van der Waals surface area (Å²) in [5, 5.41) is 24.9. The smallest absolute Gasteiger partial charge is 0.123 e. The standard InChI is InChI=1S/C20H34N2O2/c1-19(2,3)15-11-14(12-16(18(15)24)20(4,5)6)17(23)13-22-9-7-21-8-10-22/h11-12,17,21,23-24H,7-10,13H2,1-6H3. The monoisotopic (exact) mass is 334 g/mol. The van der Waals surface area contributed by atoms with Crippen LogP contribution in [0.25, 0.3) is 0 Å². The number of benzene rings is 1. The molecule has 24 heavy (non-hydrogen) atoms. The van der Waals surface area contributed by atoms with E-state index in [0.717, 1.165) is 42.9 Å². The summed E-state index contributed by atoms with van der Waals surface area (Å²) in [5.74, 6) is 0.369. The minimum absolute atomic E-state index is 0.172. The Labute approximate surface area is 146 Å². The normalized spacial score (nSPS) is 18.6. The number of phenolic OH excluding ortho intramolecular Hbond substituents is 1. The second-order valence-electron chi connectivity index (χ2n) is 9.03. The third-order valence-electron chi connectivity index (χ3n) is 4.77. The van der Waals surface area contributed by atoms with Crippen molar-refractivity contribution in [3.05, 3.63) is 28.8 Å². The first kappa shape index (κ1) is 19.2. The van der Waals surface area contributed by atoms with Gasteiger partial charge in [-0.3, -0.25) is 4.90 Å². The zero-order valence-electron chi connectivity index (χ0n) is 16.1. The van der Waals surface area contributed by atoms with Gasteiger partial charge in [0.25, 0.3) is 0 Å². The lowest BCUT2D eigenvalue weighted by Gasteiger charge is -2.31. The van der Waals surface area contributed by atoms with E-state index >= 15 is 0 Å². The summed E-state index contributed by atoms with van der Waals surface area (Å²) in [4.78, 5) is 2.29. The number of aromatic hydroxyl groups is 1. The molecule has 0 amide bonds. The number of nitrogens with zero attached hydrogens (tertiary/aromatic N) is 1. The van der Waals surface area contributed by atoms with Gasteiger partial charge in [0.2, 0.25) is 0 Å². The third-order valence-corrected chi connectivity index (χ3v) is 4.77. The molecular formula is C20H34N2O2. The maximum atomic E-state index is 10.8. The molecule has 1 heterocycles. The summed E-state index contributed by atoms with van der Waals surface area (Å²) < 4.78 is 0. The highest BCUT2D eigenvalue weighted by molar-refractivity contribution is 5.50. The number of nitrogens with one attached hydrogen (secondary N) is 1. The van der Waals surface area contributed by atoms with Crippen molar-refractivity contribution in [2.75, 3.05) is 32.7 Å². The van der Waals surface area contributed by atoms with E-state index in [1.54, 1.807) is 0 Å². The first-order chi connectivity index (χ1) is 11.0. The molecule has 136 valence electrons. The molecule has 1 aromatic rings. The second-order valence-corrected chi connectivity index (χ2v) is 9.03. The number of aliphatic hydroxyl groups is 1. The number of rotatable bonds is 3. The van der Waals surface area contributed by atoms with E-state index in [1.165, 1.54) is 0 Å². The van der Waals surface area contributed by atoms with E-state index in [2.05, 4.69) is 51.8 Å².